The van der Waals surface area contributed by atoms with Crippen LogP contribution in [0.15, 0.2) is 28.8 Å². The van der Waals surface area contributed by atoms with Crippen LogP contribution in [-0.4, -0.2) is 10.1 Å². The predicted octanol–water partition coefficient (Wildman–Crippen LogP) is 3.12. The van der Waals surface area contributed by atoms with Gasteiger partial charge >= 0.3 is 0 Å². The van der Waals surface area contributed by atoms with Crippen molar-refractivity contribution in [2.75, 3.05) is 0 Å². The molecule has 0 unspecified atom stereocenters. The summed E-state index contributed by atoms with van der Waals surface area (Å²) in [6.45, 7) is 0.0778. The summed E-state index contributed by atoms with van der Waals surface area (Å²) in [6.07, 6.45) is 3.47. The number of ether oxygens (including phenoxy) is 1. The van der Waals surface area contributed by atoms with Crippen molar-refractivity contribution in [1.29, 1.82) is 5.26 Å². The van der Waals surface area contributed by atoms with Crippen LogP contribution in [0.1, 0.15) is 37.4 Å². The monoisotopic (exact) mass is 287 g/mol. The average molecular weight is 287 g/mol. The topological polar surface area (TPSA) is 71.9 Å². The average Bonchev–Trinajstić information content (AvgIpc) is 3.15. The molecular weight excluding hydrogens is 273 g/mol. The van der Waals surface area contributed by atoms with Crippen molar-refractivity contribution in [2.45, 2.75) is 37.7 Å². The van der Waals surface area contributed by atoms with E-state index in [1.54, 1.807) is 12.1 Å². The van der Waals surface area contributed by atoms with Crippen molar-refractivity contribution in [3.05, 3.63) is 41.8 Å². The molecule has 21 heavy (non-hydrogen) atoms. The fraction of sp³-hybridized carbons (Fsp3) is 0.400. The maximum absolute atomic E-state index is 13.0. The minimum absolute atomic E-state index is 0.0778. The minimum Gasteiger partial charge on any atom is -0.485 e. The standard InChI is InChI=1S/C15H14FN3O2/c16-11-4-3-5-12(8-11)20-9-13-18-14(21-19-13)15(10-17)6-1-2-7-15/h3-5,8H,1-2,6-7,9H2. The van der Waals surface area contributed by atoms with Gasteiger partial charge in [-0.15, -0.1) is 0 Å². The van der Waals surface area contributed by atoms with Crippen molar-refractivity contribution in [2.24, 2.45) is 0 Å². The van der Waals surface area contributed by atoms with Gasteiger partial charge in [0.2, 0.25) is 11.7 Å². The van der Waals surface area contributed by atoms with Gasteiger partial charge < -0.3 is 9.26 Å². The van der Waals surface area contributed by atoms with Crippen LogP contribution in [0.4, 0.5) is 4.39 Å². The fourth-order valence-electron chi connectivity index (χ4n) is 2.56. The molecule has 0 N–H and O–H groups in total. The van der Waals surface area contributed by atoms with Crippen LogP contribution >= 0.6 is 0 Å². The van der Waals surface area contributed by atoms with Crippen LogP contribution in [0, 0.1) is 17.1 Å². The third-order valence-electron chi connectivity index (χ3n) is 3.71. The largest absolute Gasteiger partial charge is 0.485 e. The van der Waals surface area contributed by atoms with Gasteiger partial charge in [0.25, 0.3) is 0 Å². The Morgan fingerprint density at radius 2 is 2.19 bits per heavy atom. The van der Waals surface area contributed by atoms with Crippen LogP contribution in [0.3, 0.4) is 0 Å². The van der Waals surface area contributed by atoms with E-state index in [0.29, 0.717) is 17.5 Å². The van der Waals surface area contributed by atoms with E-state index >= 15 is 0 Å². The lowest BCUT2D eigenvalue weighted by Crippen LogP contribution is -2.19. The van der Waals surface area contributed by atoms with Gasteiger partial charge in [0.1, 0.15) is 17.0 Å². The summed E-state index contributed by atoms with van der Waals surface area (Å²) in [5.74, 6) is 0.754. The molecule has 108 valence electrons. The number of hydrogen-bond acceptors (Lipinski definition) is 5. The van der Waals surface area contributed by atoms with Gasteiger partial charge in [-0.25, -0.2) is 4.39 Å². The van der Waals surface area contributed by atoms with Gasteiger partial charge in [-0.1, -0.05) is 24.1 Å². The zero-order chi connectivity index (χ0) is 14.7. The normalized spacial score (nSPS) is 16.6. The molecule has 2 aromatic rings. The number of nitriles is 1. The van der Waals surface area contributed by atoms with Crippen LogP contribution in [0.2, 0.25) is 0 Å². The Hall–Kier alpha value is -2.42. The number of nitrogens with zero attached hydrogens (tertiary/aromatic N) is 3. The van der Waals surface area contributed by atoms with Gasteiger partial charge in [0.05, 0.1) is 6.07 Å². The number of benzene rings is 1. The van der Waals surface area contributed by atoms with Crippen molar-refractivity contribution in [1.82, 2.24) is 10.1 Å². The number of rotatable bonds is 4. The highest BCUT2D eigenvalue weighted by Crippen LogP contribution is 2.39. The van der Waals surface area contributed by atoms with Crippen LogP contribution in [0.25, 0.3) is 0 Å². The van der Waals surface area contributed by atoms with Gasteiger partial charge in [-0.2, -0.15) is 10.2 Å². The molecule has 1 aromatic heterocycles. The van der Waals surface area contributed by atoms with Crippen molar-refractivity contribution >= 4 is 0 Å². The number of aromatic nitrogens is 2. The van der Waals surface area contributed by atoms with Gasteiger partial charge in [-0.05, 0) is 25.0 Å². The molecule has 0 spiro atoms. The highest BCUT2D eigenvalue weighted by atomic mass is 19.1. The molecule has 0 radical (unpaired) electrons. The van der Waals surface area contributed by atoms with Crippen molar-refractivity contribution < 1.29 is 13.7 Å². The zero-order valence-corrected chi connectivity index (χ0v) is 11.4. The SMILES string of the molecule is N#CC1(c2nc(COc3cccc(F)c3)no2)CCCC1. The summed E-state index contributed by atoms with van der Waals surface area (Å²) in [6, 6.07) is 8.15. The first-order valence-corrected chi connectivity index (χ1v) is 6.84. The second-order valence-corrected chi connectivity index (χ2v) is 5.16. The predicted molar refractivity (Wildman–Crippen MR) is 70.8 cm³/mol. The zero-order valence-electron chi connectivity index (χ0n) is 11.4. The van der Waals surface area contributed by atoms with E-state index in [9.17, 15) is 9.65 Å². The molecule has 1 saturated carbocycles. The van der Waals surface area contributed by atoms with Gasteiger partial charge in [0, 0.05) is 6.07 Å². The maximum Gasteiger partial charge on any atom is 0.247 e. The first-order chi connectivity index (χ1) is 10.2. The molecule has 1 aliphatic carbocycles. The molecule has 6 heteroatoms. The second kappa shape index (κ2) is 5.52. The summed E-state index contributed by atoms with van der Waals surface area (Å²) in [4.78, 5) is 4.25. The molecule has 1 heterocycles. The Kier molecular flexibility index (Phi) is 3.57. The van der Waals surface area contributed by atoms with E-state index in [0.717, 1.165) is 25.7 Å². The van der Waals surface area contributed by atoms with Crippen LogP contribution < -0.4 is 4.74 Å². The second-order valence-electron chi connectivity index (χ2n) is 5.16. The van der Waals surface area contributed by atoms with E-state index in [2.05, 4.69) is 16.2 Å². The molecule has 1 aromatic carbocycles. The lowest BCUT2D eigenvalue weighted by Gasteiger charge is -2.13. The van der Waals surface area contributed by atoms with E-state index in [4.69, 9.17) is 9.26 Å². The molecule has 0 aliphatic heterocycles. The molecule has 0 amide bonds. The summed E-state index contributed by atoms with van der Waals surface area (Å²) in [7, 11) is 0. The Bertz CT molecular complexity index is 672. The van der Waals surface area contributed by atoms with E-state index in [1.165, 1.54) is 12.1 Å². The van der Waals surface area contributed by atoms with Gasteiger partial charge in [0.15, 0.2) is 6.61 Å². The third-order valence-corrected chi connectivity index (χ3v) is 3.71. The van der Waals surface area contributed by atoms with E-state index < -0.39 is 5.41 Å². The molecular formula is C15H14FN3O2. The third kappa shape index (κ3) is 2.72. The smallest absolute Gasteiger partial charge is 0.247 e. The molecule has 1 aliphatic rings. The Balaban J connectivity index is 1.70. The highest BCUT2D eigenvalue weighted by Gasteiger charge is 2.41. The molecule has 1 fully saturated rings. The lowest BCUT2D eigenvalue weighted by atomic mass is 9.88. The minimum atomic E-state index is -0.649. The quantitative estimate of drug-likeness (QED) is 0.863. The fourth-order valence-corrected chi connectivity index (χ4v) is 2.56. The Morgan fingerprint density at radius 3 is 2.90 bits per heavy atom. The highest BCUT2D eigenvalue weighted by molar-refractivity contribution is 5.23. The summed E-state index contributed by atoms with van der Waals surface area (Å²) in [5, 5.41) is 13.2. The summed E-state index contributed by atoms with van der Waals surface area (Å²) >= 11 is 0. The lowest BCUT2D eigenvalue weighted by molar-refractivity contribution is 0.279. The summed E-state index contributed by atoms with van der Waals surface area (Å²) < 4.78 is 23.7. The molecule has 0 saturated heterocycles. The molecule has 3 rings (SSSR count). The molecule has 5 nitrogen and oxygen atoms in total. The Labute approximate surface area is 121 Å². The van der Waals surface area contributed by atoms with Gasteiger partial charge in [-0.3, -0.25) is 0 Å². The molecule has 0 bridgehead atoms. The van der Waals surface area contributed by atoms with Crippen molar-refractivity contribution in [3.63, 3.8) is 0 Å². The first kappa shape index (κ1) is 13.6. The Morgan fingerprint density at radius 1 is 1.38 bits per heavy atom. The maximum atomic E-state index is 13.0. The first-order valence-electron chi connectivity index (χ1n) is 6.84. The summed E-state index contributed by atoms with van der Waals surface area (Å²) in [5.41, 5.74) is -0.649. The van der Waals surface area contributed by atoms with Crippen molar-refractivity contribution in [3.8, 4) is 11.8 Å². The van der Waals surface area contributed by atoms with Crippen LogP contribution in [-0.2, 0) is 12.0 Å². The van der Waals surface area contributed by atoms with E-state index in [-0.39, 0.29) is 12.4 Å². The van der Waals surface area contributed by atoms with E-state index in [1.807, 2.05) is 0 Å². The molecule has 0 atom stereocenters. The number of halogens is 1. The van der Waals surface area contributed by atoms with Crippen LogP contribution in [0.5, 0.6) is 5.75 Å². The number of hydrogen-bond donors (Lipinski definition) is 0.